The third kappa shape index (κ3) is 3.59. The Labute approximate surface area is 153 Å². The van der Waals surface area contributed by atoms with Crippen LogP contribution in [0.4, 0.5) is 6.01 Å². The molecule has 0 bridgehead atoms. The number of halogens is 2. The molecule has 10 heteroatoms. The minimum absolute atomic E-state index is 0.0314. The van der Waals surface area contributed by atoms with Crippen molar-refractivity contribution in [2.75, 3.05) is 18.0 Å². The van der Waals surface area contributed by atoms with E-state index in [2.05, 4.69) is 15.3 Å². The number of carboxylic acid groups (broad SMARTS) is 1. The molecular weight excluding hydrogens is 371 g/mol. The van der Waals surface area contributed by atoms with E-state index in [1.807, 2.05) is 4.90 Å². The summed E-state index contributed by atoms with van der Waals surface area (Å²) >= 11 is 12.0. The monoisotopic (exact) mass is 386 g/mol. The van der Waals surface area contributed by atoms with Gasteiger partial charge in [0.05, 0.1) is 10.0 Å². The van der Waals surface area contributed by atoms with Crippen molar-refractivity contribution in [2.24, 2.45) is 0 Å². The van der Waals surface area contributed by atoms with Crippen molar-refractivity contribution in [3.8, 4) is 0 Å². The average Bonchev–Trinajstić information content (AvgIpc) is 3.17. The van der Waals surface area contributed by atoms with E-state index in [0.29, 0.717) is 36.6 Å². The molecule has 1 saturated heterocycles. The fraction of sp³-hybridized carbons (Fsp3) is 0.400. The van der Waals surface area contributed by atoms with Gasteiger partial charge >= 0.3 is 5.97 Å². The Balaban J connectivity index is 1.57. The summed E-state index contributed by atoms with van der Waals surface area (Å²) in [6.07, 6.45) is 2.45. The minimum Gasteiger partial charge on any atom is -0.476 e. The van der Waals surface area contributed by atoms with E-state index in [9.17, 15) is 9.59 Å². The fourth-order valence-electron chi connectivity index (χ4n) is 2.71. The number of amides is 1. The lowest BCUT2D eigenvalue weighted by molar-refractivity contribution is 0.0690. The molecule has 25 heavy (non-hydrogen) atoms. The van der Waals surface area contributed by atoms with E-state index >= 15 is 0 Å². The molecule has 3 heterocycles. The molecule has 1 amide bonds. The van der Waals surface area contributed by atoms with Crippen LogP contribution >= 0.6 is 23.2 Å². The van der Waals surface area contributed by atoms with E-state index in [0.717, 1.165) is 6.26 Å². The molecule has 3 N–H and O–H groups in total. The number of carbonyl (C=O) groups excluding carboxylic acids is 1. The van der Waals surface area contributed by atoms with Gasteiger partial charge in [0.2, 0.25) is 0 Å². The van der Waals surface area contributed by atoms with Crippen molar-refractivity contribution in [3.63, 3.8) is 0 Å². The number of nitrogens with one attached hydrogen (secondary N) is 2. The number of rotatable bonds is 4. The zero-order valence-electron chi connectivity index (χ0n) is 13.3. The molecule has 0 unspecified atom stereocenters. The Kier molecular flexibility index (Phi) is 4.91. The normalized spacial score (nSPS) is 15.4. The molecule has 0 saturated carbocycles. The number of aromatic carboxylic acids is 1. The van der Waals surface area contributed by atoms with Crippen LogP contribution in [0.2, 0.25) is 10.0 Å². The van der Waals surface area contributed by atoms with Gasteiger partial charge in [-0.2, -0.15) is 4.98 Å². The van der Waals surface area contributed by atoms with Crippen molar-refractivity contribution in [1.29, 1.82) is 0 Å². The predicted octanol–water partition coefficient (Wildman–Crippen LogP) is 2.71. The SMILES string of the molecule is Cc1[nH]c(C(=O)NC2CCN(c3nc(C(=O)O)co3)CC2)c(Cl)c1Cl. The first-order chi connectivity index (χ1) is 11.9. The first-order valence-corrected chi connectivity index (χ1v) is 8.40. The van der Waals surface area contributed by atoms with Crippen LogP contribution in [0.25, 0.3) is 0 Å². The maximum atomic E-state index is 12.3. The largest absolute Gasteiger partial charge is 0.476 e. The first-order valence-electron chi connectivity index (χ1n) is 7.65. The van der Waals surface area contributed by atoms with Gasteiger partial charge in [-0.15, -0.1) is 0 Å². The van der Waals surface area contributed by atoms with E-state index in [-0.39, 0.29) is 34.4 Å². The molecule has 1 fully saturated rings. The zero-order valence-corrected chi connectivity index (χ0v) is 14.8. The third-order valence-electron chi connectivity index (χ3n) is 4.09. The molecule has 2 aromatic heterocycles. The van der Waals surface area contributed by atoms with Crippen LogP contribution in [0.5, 0.6) is 0 Å². The summed E-state index contributed by atoms with van der Waals surface area (Å²) in [5.74, 6) is -1.43. The van der Waals surface area contributed by atoms with E-state index < -0.39 is 5.97 Å². The van der Waals surface area contributed by atoms with Crippen molar-refractivity contribution >= 4 is 41.1 Å². The molecule has 3 rings (SSSR count). The summed E-state index contributed by atoms with van der Waals surface area (Å²) in [5, 5.41) is 12.4. The van der Waals surface area contributed by atoms with Gasteiger partial charge in [-0.25, -0.2) is 4.79 Å². The molecule has 1 aliphatic heterocycles. The second kappa shape index (κ2) is 6.97. The van der Waals surface area contributed by atoms with E-state index in [1.165, 1.54) is 0 Å². The maximum absolute atomic E-state index is 12.3. The second-order valence-electron chi connectivity index (χ2n) is 5.81. The number of hydrogen-bond donors (Lipinski definition) is 3. The Morgan fingerprint density at radius 2 is 2.04 bits per heavy atom. The number of hydrogen-bond acceptors (Lipinski definition) is 5. The number of aromatic nitrogens is 2. The number of nitrogens with zero attached hydrogens (tertiary/aromatic N) is 2. The van der Waals surface area contributed by atoms with Gasteiger partial charge in [0.15, 0.2) is 5.69 Å². The zero-order chi connectivity index (χ0) is 18.1. The number of oxazole rings is 1. The molecule has 8 nitrogen and oxygen atoms in total. The van der Waals surface area contributed by atoms with Gasteiger partial charge in [-0.1, -0.05) is 23.2 Å². The summed E-state index contributed by atoms with van der Waals surface area (Å²) in [6.45, 7) is 2.91. The van der Waals surface area contributed by atoms with Gasteiger partial charge in [-0.05, 0) is 19.8 Å². The van der Waals surface area contributed by atoms with Crippen molar-refractivity contribution in [1.82, 2.24) is 15.3 Å². The number of aryl methyl sites for hydroxylation is 1. The lowest BCUT2D eigenvalue weighted by Gasteiger charge is -2.31. The molecule has 0 spiro atoms. The number of aromatic amines is 1. The lowest BCUT2D eigenvalue weighted by Crippen LogP contribution is -2.45. The van der Waals surface area contributed by atoms with Crippen LogP contribution in [0.3, 0.4) is 0 Å². The van der Waals surface area contributed by atoms with Gasteiger partial charge < -0.3 is 24.7 Å². The van der Waals surface area contributed by atoms with Crippen LogP contribution in [0, 0.1) is 6.92 Å². The number of carbonyl (C=O) groups is 2. The highest BCUT2D eigenvalue weighted by Gasteiger charge is 2.26. The highest BCUT2D eigenvalue weighted by molar-refractivity contribution is 6.44. The van der Waals surface area contributed by atoms with Gasteiger partial charge in [0.25, 0.3) is 11.9 Å². The summed E-state index contributed by atoms with van der Waals surface area (Å²) in [6, 6.07) is 0.244. The first kappa shape index (κ1) is 17.6. The Bertz CT molecular complexity index is 809. The lowest BCUT2D eigenvalue weighted by atomic mass is 10.1. The van der Waals surface area contributed by atoms with Crippen molar-refractivity contribution < 1.29 is 19.1 Å². The number of piperidine rings is 1. The van der Waals surface area contributed by atoms with Crippen molar-refractivity contribution in [3.05, 3.63) is 33.4 Å². The topological polar surface area (TPSA) is 111 Å². The Morgan fingerprint density at radius 3 is 2.56 bits per heavy atom. The smallest absolute Gasteiger partial charge is 0.357 e. The van der Waals surface area contributed by atoms with Crippen LogP contribution in [0.15, 0.2) is 10.7 Å². The van der Waals surface area contributed by atoms with Crippen LogP contribution < -0.4 is 10.2 Å². The Morgan fingerprint density at radius 1 is 1.36 bits per heavy atom. The molecule has 2 aromatic rings. The highest BCUT2D eigenvalue weighted by atomic mass is 35.5. The van der Waals surface area contributed by atoms with Gasteiger partial charge in [-0.3, -0.25) is 4.79 Å². The Hall–Kier alpha value is -2.19. The average molecular weight is 387 g/mol. The number of anilines is 1. The van der Waals surface area contributed by atoms with E-state index in [1.54, 1.807) is 6.92 Å². The maximum Gasteiger partial charge on any atom is 0.357 e. The highest BCUT2D eigenvalue weighted by Crippen LogP contribution is 2.29. The molecule has 134 valence electrons. The summed E-state index contributed by atoms with van der Waals surface area (Å²) < 4.78 is 5.19. The molecule has 0 aromatic carbocycles. The van der Waals surface area contributed by atoms with Gasteiger partial charge in [0, 0.05) is 24.8 Å². The van der Waals surface area contributed by atoms with Crippen LogP contribution in [-0.2, 0) is 0 Å². The third-order valence-corrected chi connectivity index (χ3v) is 5.04. The predicted molar refractivity (Wildman–Crippen MR) is 91.7 cm³/mol. The minimum atomic E-state index is -1.13. The molecule has 0 aliphatic carbocycles. The summed E-state index contributed by atoms with van der Waals surface area (Å²) in [7, 11) is 0. The van der Waals surface area contributed by atoms with Crippen LogP contribution in [0.1, 0.15) is 39.5 Å². The number of carboxylic acids is 1. The summed E-state index contributed by atoms with van der Waals surface area (Å²) in [4.78, 5) is 31.8. The van der Waals surface area contributed by atoms with Crippen LogP contribution in [-0.4, -0.2) is 46.1 Å². The fourth-order valence-corrected chi connectivity index (χ4v) is 3.13. The quantitative estimate of drug-likeness (QED) is 0.744. The van der Waals surface area contributed by atoms with Gasteiger partial charge in [0.1, 0.15) is 12.0 Å². The van der Waals surface area contributed by atoms with Crippen molar-refractivity contribution in [2.45, 2.75) is 25.8 Å². The molecule has 0 atom stereocenters. The number of H-pyrrole nitrogens is 1. The molecular formula is C15H16Cl2N4O4. The second-order valence-corrected chi connectivity index (χ2v) is 6.56. The van der Waals surface area contributed by atoms with E-state index in [4.69, 9.17) is 32.7 Å². The molecule has 0 radical (unpaired) electrons. The molecule has 1 aliphatic rings. The summed E-state index contributed by atoms with van der Waals surface area (Å²) in [5.41, 5.74) is 0.772. The standard InChI is InChI=1S/C15H16Cl2N4O4/c1-7-10(16)11(17)12(18-7)13(22)19-8-2-4-21(5-3-8)15-20-9(6-25-15)14(23)24/h6,8,18H,2-5H2,1H3,(H,19,22)(H,23,24).